The van der Waals surface area contributed by atoms with E-state index < -0.39 is 6.09 Å². The Hall–Kier alpha value is -4.41. The van der Waals surface area contributed by atoms with Crippen molar-refractivity contribution in [2.24, 2.45) is 0 Å². The van der Waals surface area contributed by atoms with Crippen molar-refractivity contribution in [1.82, 2.24) is 29.6 Å². The van der Waals surface area contributed by atoms with Crippen LogP contribution < -0.4 is 10.6 Å². The van der Waals surface area contributed by atoms with Gasteiger partial charge >= 0.3 is 6.09 Å². The van der Waals surface area contributed by atoms with Gasteiger partial charge in [-0.25, -0.2) is 4.79 Å². The third-order valence-corrected chi connectivity index (χ3v) is 9.68. The molecule has 44 heavy (non-hydrogen) atoms. The summed E-state index contributed by atoms with van der Waals surface area (Å²) >= 11 is 0. The van der Waals surface area contributed by atoms with Crippen LogP contribution in [0.15, 0.2) is 48.5 Å². The highest BCUT2D eigenvalue weighted by Crippen LogP contribution is 2.45. The molecule has 2 aromatic heterocycles. The van der Waals surface area contributed by atoms with Crippen molar-refractivity contribution in [1.29, 1.82) is 0 Å². The van der Waals surface area contributed by atoms with Crippen LogP contribution in [-0.4, -0.2) is 89.3 Å². The van der Waals surface area contributed by atoms with Crippen LogP contribution in [0.3, 0.4) is 0 Å². The first-order valence-corrected chi connectivity index (χ1v) is 15.7. The third kappa shape index (κ3) is 4.27. The van der Waals surface area contributed by atoms with Gasteiger partial charge in [-0.3, -0.25) is 14.9 Å². The Morgan fingerprint density at radius 3 is 2.16 bits per heavy atom. The number of hydrogen-bond donors (Lipinski definition) is 2. The van der Waals surface area contributed by atoms with Crippen molar-refractivity contribution >= 4 is 61.5 Å². The number of imide groups is 1. The molecule has 1 atom stereocenters. The van der Waals surface area contributed by atoms with Gasteiger partial charge in [-0.05, 0) is 45.0 Å². The second kappa shape index (κ2) is 10.6. The molecule has 5 aromatic rings. The molecule has 0 spiro atoms. The fourth-order valence-corrected chi connectivity index (χ4v) is 7.59. The van der Waals surface area contributed by atoms with Gasteiger partial charge < -0.3 is 29.0 Å². The topological polar surface area (TPSA) is 101 Å². The number of benzene rings is 3. The fraction of sp³-hybridized carbons (Fsp3) is 0.382. The maximum Gasteiger partial charge on any atom is 0.407 e. The lowest BCUT2D eigenvalue weighted by molar-refractivity contribution is 0.0814. The minimum atomic E-state index is -0.394. The van der Waals surface area contributed by atoms with Crippen LogP contribution in [0.4, 0.5) is 4.79 Å². The number of aromatic nitrogens is 2. The van der Waals surface area contributed by atoms with Crippen LogP contribution in [0, 0.1) is 0 Å². The van der Waals surface area contributed by atoms with E-state index in [0.29, 0.717) is 37.2 Å². The number of piperazine rings is 1. The molecule has 0 bridgehead atoms. The Balaban J connectivity index is 1.17. The van der Waals surface area contributed by atoms with Gasteiger partial charge in [0.15, 0.2) is 0 Å². The van der Waals surface area contributed by atoms with E-state index >= 15 is 0 Å². The van der Waals surface area contributed by atoms with E-state index in [0.717, 1.165) is 89.2 Å². The molecule has 0 saturated carbocycles. The van der Waals surface area contributed by atoms with Crippen molar-refractivity contribution in [2.45, 2.75) is 38.5 Å². The first-order chi connectivity index (χ1) is 21.5. The smallest absolute Gasteiger partial charge is 0.407 e. The van der Waals surface area contributed by atoms with Crippen molar-refractivity contribution in [3.63, 3.8) is 0 Å². The number of para-hydroxylation sites is 2. The summed E-state index contributed by atoms with van der Waals surface area (Å²) in [5, 5.41) is 9.04. The standard InChI is InChI=1S/C34H36N6O4/c1-37-16-18-38(19-17-37)14-7-13-35-34(43)44-21-8-6-15-39-24-11-4-2-9-22(24)26-28-29(33(42)36-32(28)41)27-23-10-3-5-12-25(23)40(20-21)31(27)30(26)39/h2-5,9-12,21H,6-8,13-20H2,1H3,(H,35,43)(H,36,41,42). The maximum atomic E-state index is 13.4. The molecule has 8 rings (SSSR count). The summed E-state index contributed by atoms with van der Waals surface area (Å²) in [5.74, 6) is -0.715. The van der Waals surface area contributed by atoms with Crippen LogP contribution >= 0.6 is 0 Å². The van der Waals surface area contributed by atoms with Gasteiger partial charge in [-0.1, -0.05) is 36.4 Å². The first kappa shape index (κ1) is 27.2. The van der Waals surface area contributed by atoms with Crippen molar-refractivity contribution in [3.8, 4) is 0 Å². The summed E-state index contributed by atoms with van der Waals surface area (Å²) in [6.07, 6.45) is 1.60. The third-order valence-electron chi connectivity index (χ3n) is 9.68. The number of carbonyl (C=O) groups excluding carboxylic acids is 3. The van der Waals surface area contributed by atoms with E-state index in [2.05, 4.69) is 42.7 Å². The zero-order valence-electron chi connectivity index (χ0n) is 24.9. The number of nitrogens with one attached hydrogen (secondary N) is 2. The number of carbonyl (C=O) groups is 3. The summed E-state index contributed by atoms with van der Waals surface area (Å²) in [6.45, 7) is 6.96. The number of ether oxygens (including phenoxy) is 1. The van der Waals surface area contributed by atoms with Gasteiger partial charge in [-0.15, -0.1) is 0 Å². The number of hydrogen-bond acceptors (Lipinski definition) is 6. The molecule has 3 amide bonds. The number of rotatable bonds is 5. The number of likely N-dealkylation sites (N-methyl/N-ethyl adjacent to an activating group) is 1. The molecule has 226 valence electrons. The van der Waals surface area contributed by atoms with Crippen LogP contribution in [-0.2, 0) is 17.8 Å². The zero-order chi connectivity index (χ0) is 29.9. The van der Waals surface area contributed by atoms with Crippen LogP contribution in [0.1, 0.15) is 40.0 Å². The lowest BCUT2D eigenvalue weighted by atomic mass is 9.96. The van der Waals surface area contributed by atoms with Crippen molar-refractivity contribution in [2.75, 3.05) is 46.3 Å². The van der Waals surface area contributed by atoms with E-state index in [1.807, 2.05) is 42.5 Å². The first-order valence-electron chi connectivity index (χ1n) is 15.7. The van der Waals surface area contributed by atoms with Gasteiger partial charge in [-0.2, -0.15) is 0 Å². The summed E-state index contributed by atoms with van der Waals surface area (Å²) < 4.78 is 10.6. The highest BCUT2D eigenvalue weighted by Gasteiger charge is 2.37. The molecule has 0 radical (unpaired) electrons. The number of alkyl carbamates (subject to hydrolysis) is 1. The monoisotopic (exact) mass is 592 g/mol. The zero-order valence-corrected chi connectivity index (χ0v) is 24.9. The van der Waals surface area contributed by atoms with E-state index in [1.165, 1.54) is 0 Å². The molecule has 2 N–H and O–H groups in total. The largest absolute Gasteiger partial charge is 0.444 e. The van der Waals surface area contributed by atoms with E-state index in [-0.39, 0.29) is 17.9 Å². The van der Waals surface area contributed by atoms with Crippen molar-refractivity contribution in [3.05, 3.63) is 59.7 Å². The molecule has 1 saturated heterocycles. The molecule has 10 nitrogen and oxygen atoms in total. The highest BCUT2D eigenvalue weighted by atomic mass is 16.6. The Morgan fingerprint density at radius 1 is 0.864 bits per heavy atom. The summed E-state index contributed by atoms with van der Waals surface area (Å²) in [4.78, 5) is 44.5. The Bertz CT molecular complexity index is 1980. The lowest BCUT2D eigenvalue weighted by Crippen LogP contribution is -2.45. The molecular weight excluding hydrogens is 556 g/mol. The van der Waals surface area contributed by atoms with Gasteiger partial charge in [0.1, 0.15) is 6.10 Å². The SMILES string of the molecule is CN1CCN(CCCNC(=O)OC2CCCn3c4ccccc4c4c5c(c6c7ccccc7n(c6c43)C2)C(=O)NC5=O)CC1. The minimum Gasteiger partial charge on any atom is -0.444 e. The van der Waals surface area contributed by atoms with Crippen LogP contribution in [0.5, 0.6) is 0 Å². The predicted molar refractivity (Wildman–Crippen MR) is 170 cm³/mol. The molecule has 1 unspecified atom stereocenters. The Kier molecular flexibility index (Phi) is 6.57. The van der Waals surface area contributed by atoms with Gasteiger partial charge in [0.25, 0.3) is 11.8 Å². The van der Waals surface area contributed by atoms with Gasteiger partial charge in [0.2, 0.25) is 0 Å². The average molecular weight is 593 g/mol. The van der Waals surface area contributed by atoms with Gasteiger partial charge in [0.05, 0.1) is 28.7 Å². The molecule has 1 fully saturated rings. The molecule has 0 aliphatic carbocycles. The number of fused-ring (bicyclic) bond motifs is 9. The minimum absolute atomic E-state index is 0.350. The normalized spacial score (nSPS) is 19.4. The van der Waals surface area contributed by atoms with Crippen LogP contribution in [0.25, 0.3) is 43.6 Å². The van der Waals surface area contributed by atoms with Crippen LogP contribution in [0.2, 0.25) is 0 Å². The average Bonchev–Trinajstić information content (AvgIpc) is 3.64. The highest BCUT2D eigenvalue weighted by molar-refractivity contribution is 6.39. The lowest BCUT2D eigenvalue weighted by Gasteiger charge is -2.32. The summed E-state index contributed by atoms with van der Waals surface area (Å²) in [7, 11) is 2.15. The number of nitrogens with zero attached hydrogens (tertiary/aromatic N) is 4. The second-order valence-corrected chi connectivity index (χ2v) is 12.4. The van der Waals surface area contributed by atoms with Crippen molar-refractivity contribution < 1.29 is 19.1 Å². The number of amides is 3. The predicted octanol–water partition coefficient (Wildman–Crippen LogP) is 4.31. The fourth-order valence-electron chi connectivity index (χ4n) is 7.59. The molecule has 3 aliphatic rings. The summed E-state index contributed by atoms with van der Waals surface area (Å²) in [5.41, 5.74) is 4.73. The second-order valence-electron chi connectivity index (χ2n) is 12.4. The molecule has 10 heteroatoms. The molecule has 3 aliphatic heterocycles. The summed E-state index contributed by atoms with van der Waals surface area (Å²) in [6, 6.07) is 16.1. The Labute approximate surface area is 254 Å². The van der Waals surface area contributed by atoms with Gasteiger partial charge in [0, 0.05) is 71.8 Å². The molecule has 5 heterocycles. The van der Waals surface area contributed by atoms with E-state index in [9.17, 15) is 14.4 Å². The van der Waals surface area contributed by atoms with E-state index in [4.69, 9.17) is 4.74 Å². The number of aryl methyl sites for hydroxylation is 1. The molecule has 3 aromatic carbocycles. The van der Waals surface area contributed by atoms with E-state index in [1.54, 1.807) is 0 Å². The quantitative estimate of drug-likeness (QED) is 0.233. The molecular formula is C34H36N6O4. The Morgan fingerprint density at radius 2 is 1.48 bits per heavy atom. The maximum absolute atomic E-state index is 13.4.